The third-order valence-electron chi connectivity index (χ3n) is 16.4. The Bertz CT molecular complexity index is 2610. The van der Waals surface area contributed by atoms with Gasteiger partial charge in [-0.15, -0.1) is 10.2 Å². The first-order valence-electron chi connectivity index (χ1n) is 27.1. The summed E-state index contributed by atoms with van der Waals surface area (Å²) in [6, 6.07) is 23.2. The zero-order valence-corrected chi connectivity index (χ0v) is 45.1. The maximum absolute atomic E-state index is 12.1. The monoisotopic (exact) mass is 1000 g/mol. The number of aryl methyl sites for hydroxylation is 2. The number of esters is 2. The zero-order chi connectivity index (χ0) is 51.8. The molecule has 0 radical (unpaired) electrons. The van der Waals surface area contributed by atoms with Gasteiger partial charge in [0.25, 0.3) is 0 Å². The van der Waals surface area contributed by atoms with Crippen LogP contribution in [0.25, 0.3) is 22.3 Å². The number of unbranched alkanes of at least 4 members (excludes halogenated alkanes) is 6. The highest BCUT2D eigenvalue weighted by molar-refractivity contribution is 5.84. The van der Waals surface area contributed by atoms with E-state index >= 15 is 0 Å². The molecule has 2 saturated heterocycles. The molecule has 14 nitrogen and oxygen atoms in total. The molecule has 11 unspecified atom stereocenters. The van der Waals surface area contributed by atoms with Gasteiger partial charge < -0.3 is 28.4 Å². The third kappa shape index (κ3) is 12.5. The van der Waals surface area contributed by atoms with E-state index in [0.717, 1.165) is 75.6 Å². The van der Waals surface area contributed by atoms with Crippen molar-refractivity contribution in [2.24, 2.45) is 23.7 Å². The van der Waals surface area contributed by atoms with Crippen molar-refractivity contribution in [2.75, 3.05) is 13.2 Å². The van der Waals surface area contributed by atoms with Gasteiger partial charge in [0.15, 0.2) is 24.7 Å². The summed E-state index contributed by atoms with van der Waals surface area (Å²) in [4.78, 5) is 24.1. The number of nitrogens with zero attached hydrogens (tertiary/aromatic N) is 6. The number of fused-ring (bicyclic) bond motifs is 3. The largest absolute Gasteiger partial charge is 0.457 e. The van der Waals surface area contributed by atoms with E-state index in [-0.39, 0.29) is 53.2 Å². The second-order valence-electron chi connectivity index (χ2n) is 21.6. The van der Waals surface area contributed by atoms with Gasteiger partial charge in [-0.1, -0.05) is 142 Å². The number of hydrogen-bond donors (Lipinski definition) is 0. The molecule has 0 bridgehead atoms. The first-order valence-corrected chi connectivity index (χ1v) is 27.1. The molecule has 3 aromatic carbocycles. The summed E-state index contributed by atoms with van der Waals surface area (Å²) < 4.78 is 40.0. The molecule has 0 saturated carbocycles. The van der Waals surface area contributed by atoms with E-state index in [1.165, 1.54) is 58.4 Å². The Kier molecular flexibility index (Phi) is 18.0. The first-order chi connectivity index (χ1) is 35.1. The predicted octanol–water partition coefficient (Wildman–Crippen LogP) is 12.0. The maximum Gasteiger partial charge on any atom is 0.303 e. The van der Waals surface area contributed by atoms with Gasteiger partial charge in [0.05, 0.1) is 43.5 Å². The fraction of sp³-hybridized carbons (Fsp3) is 0.593. The van der Waals surface area contributed by atoms with Gasteiger partial charge in [0.1, 0.15) is 5.69 Å². The van der Waals surface area contributed by atoms with Crippen LogP contribution in [-0.2, 0) is 56.6 Å². The molecule has 2 aromatic heterocycles. The van der Waals surface area contributed by atoms with Crippen molar-refractivity contribution in [1.82, 2.24) is 30.0 Å². The number of carbonyl (C=O) groups excluding carboxylic acids is 2. The van der Waals surface area contributed by atoms with E-state index in [1.54, 1.807) is 15.6 Å². The van der Waals surface area contributed by atoms with Gasteiger partial charge in [0.2, 0.25) is 0 Å². The summed E-state index contributed by atoms with van der Waals surface area (Å²) >= 11 is 0. The summed E-state index contributed by atoms with van der Waals surface area (Å²) in [6.07, 6.45) is 12.1. The standard InChI is InChI=1S/C59H80N6O8/c1-37-19-22-47(23-20-37)48-24-26-52-51-25-21-38(2)31-53(51)59(54(52)32-48,27-15-11-13-17-29-68-35-49-34-64(63-61-49)57-55(72-45(9)66)41(5)39(3)43(7)70-57)28-16-12-14-18-30-69-36-50-33-60-62-65(50)58-56(73-46(10)67)42(6)40(4)44(8)71-58/h19-26,31-34,39-44,55-58H,11-18,27-30,35-36H2,1-10H3. The summed E-state index contributed by atoms with van der Waals surface area (Å²) in [5.41, 5.74) is 12.2. The van der Waals surface area contributed by atoms with Gasteiger partial charge in [-0.25, -0.2) is 9.36 Å². The van der Waals surface area contributed by atoms with Gasteiger partial charge in [-0.2, -0.15) is 0 Å². The number of rotatable bonds is 23. The molecule has 2 aliphatic heterocycles. The van der Waals surface area contributed by atoms with Crippen molar-refractivity contribution in [2.45, 2.75) is 189 Å². The Balaban J connectivity index is 0.870. The highest BCUT2D eigenvalue weighted by Gasteiger charge is 2.46. The van der Waals surface area contributed by atoms with Crippen LogP contribution in [0.2, 0.25) is 0 Å². The van der Waals surface area contributed by atoms with E-state index in [0.29, 0.717) is 26.4 Å². The van der Waals surface area contributed by atoms with Crippen molar-refractivity contribution >= 4 is 11.9 Å². The normalized spacial score (nSPS) is 26.6. The van der Waals surface area contributed by atoms with E-state index in [1.807, 2.05) is 13.1 Å². The SMILES string of the molecule is CC(=O)OC1C(C)C(C)C(C)OC1n1cc(COCCCCCCC2(CCCCCCOCc3cnnn3C3OC(C)C(C)C(C)C3OC(C)=O)c3cc(C)ccc3-c3ccc(-c4ccc(C)cc4)cc32)nn1. The Hall–Kier alpha value is -5.28. The molecule has 4 heterocycles. The number of aromatic nitrogens is 6. The topological polar surface area (TPSA) is 151 Å². The summed E-state index contributed by atoms with van der Waals surface area (Å²) in [6.45, 7) is 21.8. The Labute approximate surface area is 433 Å². The van der Waals surface area contributed by atoms with Gasteiger partial charge in [-0.05, 0) is 105 Å². The van der Waals surface area contributed by atoms with Crippen molar-refractivity contribution in [3.05, 3.63) is 107 Å². The minimum atomic E-state index is -0.562. The Morgan fingerprint density at radius 1 is 0.603 bits per heavy atom. The second-order valence-corrected chi connectivity index (χ2v) is 21.6. The smallest absolute Gasteiger partial charge is 0.303 e. The van der Waals surface area contributed by atoms with Crippen molar-refractivity contribution in [3.8, 4) is 22.3 Å². The lowest BCUT2D eigenvalue weighted by Crippen LogP contribution is -2.48. The van der Waals surface area contributed by atoms with E-state index in [4.69, 9.17) is 28.4 Å². The second kappa shape index (κ2) is 24.4. The van der Waals surface area contributed by atoms with Crippen LogP contribution in [0.3, 0.4) is 0 Å². The molecule has 8 rings (SSSR count). The molecular weight excluding hydrogens is 921 g/mol. The zero-order valence-electron chi connectivity index (χ0n) is 45.1. The van der Waals surface area contributed by atoms with Crippen molar-refractivity contribution in [1.29, 1.82) is 0 Å². The van der Waals surface area contributed by atoms with Crippen molar-refractivity contribution in [3.63, 3.8) is 0 Å². The summed E-state index contributed by atoms with van der Waals surface area (Å²) in [7, 11) is 0. The van der Waals surface area contributed by atoms with Crippen LogP contribution in [0.4, 0.5) is 0 Å². The molecule has 14 heteroatoms. The maximum atomic E-state index is 12.1. The minimum Gasteiger partial charge on any atom is -0.457 e. The quantitative estimate of drug-likeness (QED) is 0.0452. The Morgan fingerprint density at radius 3 is 1.77 bits per heavy atom. The fourth-order valence-corrected chi connectivity index (χ4v) is 11.5. The molecule has 0 N–H and O–H groups in total. The molecule has 3 aliphatic rings. The van der Waals surface area contributed by atoms with Crippen LogP contribution in [0.1, 0.15) is 166 Å². The van der Waals surface area contributed by atoms with Gasteiger partial charge in [0, 0.05) is 44.3 Å². The number of carbonyl (C=O) groups is 2. The van der Waals surface area contributed by atoms with Crippen LogP contribution < -0.4 is 0 Å². The average molecular weight is 1000 g/mol. The van der Waals surface area contributed by atoms with Crippen LogP contribution in [0, 0.1) is 37.5 Å². The molecule has 2 fully saturated rings. The number of benzene rings is 3. The van der Waals surface area contributed by atoms with E-state index in [2.05, 4.69) is 130 Å². The first kappa shape index (κ1) is 54.0. The average Bonchev–Trinajstić information content (AvgIpc) is 4.10. The highest BCUT2D eigenvalue weighted by Crippen LogP contribution is 2.55. The predicted molar refractivity (Wildman–Crippen MR) is 280 cm³/mol. The molecule has 11 atom stereocenters. The van der Waals surface area contributed by atoms with E-state index < -0.39 is 24.7 Å². The van der Waals surface area contributed by atoms with Gasteiger partial charge >= 0.3 is 11.9 Å². The number of ether oxygens (including phenoxy) is 6. The van der Waals surface area contributed by atoms with Crippen LogP contribution in [-0.4, -0.2) is 79.6 Å². The molecule has 0 spiro atoms. The van der Waals surface area contributed by atoms with E-state index in [9.17, 15) is 9.59 Å². The highest BCUT2D eigenvalue weighted by atomic mass is 16.6. The molecule has 73 heavy (non-hydrogen) atoms. The van der Waals surface area contributed by atoms with Crippen LogP contribution in [0.15, 0.2) is 73.1 Å². The lowest BCUT2D eigenvalue weighted by Gasteiger charge is -2.43. The lowest BCUT2D eigenvalue weighted by atomic mass is 9.70. The van der Waals surface area contributed by atoms with Crippen LogP contribution >= 0.6 is 0 Å². The van der Waals surface area contributed by atoms with Crippen LogP contribution in [0.5, 0.6) is 0 Å². The van der Waals surface area contributed by atoms with Crippen molar-refractivity contribution < 1.29 is 38.0 Å². The number of hydrogen-bond acceptors (Lipinski definition) is 12. The fourth-order valence-electron chi connectivity index (χ4n) is 11.5. The summed E-state index contributed by atoms with van der Waals surface area (Å²) in [5.74, 6) is -0.0285. The lowest BCUT2D eigenvalue weighted by molar-refractivity contribution is -0.216. The molecule has 1 aliphatic carbocycles. The molecular formula is C59H80N6O8. The third-order valence-corrected chi connectivity index (χ3v) is 16.4. The summed E-state index contributed by atoms with van der Waals surface area (Å²) in [5, 5.41) is 17.3. The molecule has 5 aromatic rings. The molecule has 0 amide bonds. The Morgan fingerprint density at radius 2 is 1.14 bits per heavy atom. The molecule has 394 valence electrons. The minimum absolute atomic E-state index is 0.0128. The van der Waals surface area contributed by atoms with Gasteiger partial charge in [-0.3, -0.25) is 9.59 Å².